The normalized spacial score (nSPS) is 16.2. The van der Waals surface area contributed by atoms with Crippen LogP contribution in [0.2, 0.25) is 0 Å². The molecule has 0 saturated carbocycles. The average molecular weight is 1530 g/mol. The number of nitrogens with one attached hydrogen (secondary N) is 3. The number of pyridine rings is 1. The number of likely N-dealkylation sites (N-methyl/N-ethyl adjacent to an activating group) is 4. The second-order valence-electron chi connectivity index (χ2n) is 26.6. The first-order valence-electron chi connectivity index (χ1n) is 36.1. The largest absolute Gasteiger partial charge is 0.476 e. The smallest absolute Gasteiger partial charge is 0.358 e. The molecule has 0 saturated heterocycles. The number of rotatable bonds is 15. The number of hydrogen-bond donors (Lipinski definition) is 5. The number of carboxylic acids is 1. The van der Waals surface area contributed by atoms with E-state index in [9.17, 15) is 38.4 Å². The third-order valence-corrected chi connectivity index (χ3v) is 18.6. The number of hydrogen-bond acceptors (Lipinski definition) is 24. The van der Waals surface area contributed by atoms with Gasteiger partial charge in [-0.1, -0.05) is 148 Å². The Labute approximate surface area is 647 Å². The molecule has 12 aromatic rings. The number of nitrogens with two attached hydrogens (primary N) is 1. The number of anilines is 4. The molecule has 2 unspecified atom stereocenters. The quantitative estimate of drug-likeness (QED) is 0.0660. The Balaban J connectivity index is 0.000000134. The van der Waals surface area contributed by atoms with E-state index in [1.165, 1.54) is 20.8 Å². The Morgan fingerprint density at radius 3 is 0.982 bits per heavy atom. The summed E-state index contributed by atoms with van der Waals surface area (Å²) in [4.78, 5) is 134. The summed E-state index contributed by atoms with van der Waals surface area (Å²) in [5.41, 5.74) is 13.7. The van der Waals surface area contributed by atoms with Crippen LogP contribution in [0, 0.1) is 0 Å². The molecule has 4 aromatic carbocycles. The number of carboxylic acid groups (broad SMARTS) is 1. The van der Waals surface area contributed by atoms with Gasteiger partial charge in [0, 0.05) is 122 Å². The zero-order valence-electron chi connectivity index (χ0n) is 62.0. The van der Waals surface area contributed by atoms with Gasteiger partial charge in [0.05, 0.1) is 23.1 Å². The van der Waals surface area contributed by atoms with Crippen LogP contribution in [-0.4, -0.2) is 160 Å². The lowest BCUT2D eigenvalue weighted by Gasteiger charge is -2.20. The van der Waals surface area contributed by atoms with Crippen molar-refractivity contribution >= 4 is 70.6 Å². The highest BCUT2D eigenvalue weighted by atomic mass is 16.5. The summed E-state index contributed by atoms with van der Waals surface area (Å²) in [6, 6.07) is 46.6. The van der Waals surface area contributed by atoms with Gasteiger partial charge >= 0.3 is 5.97 Å². The number of benzene rings is 4. The fourth-order valence-corrected chi connectivity index (χ4v) is 12.7. The van der Waals surface area contributed by atoms with E-state index in [4.69, 9.17) is 28.9 Å². The van der Waals surface area contributed by atoms with Crippen molar-refractivity contribution in [3.05, 3.63) is 292 Å². The number of aryl methyl sites for hydroxylation is 4. The summed E-state index contributed by atoms with van der Waals surface area (Å²) in [6.45, 7) is 0. The summed E-state index contributed by atoms with van der Waals surface area (Å²) in [5, 5.41) is 31.9. The standard InChI is InChI=1S/3C20H19N5O3.C11H9NO3.C10H13N3O/c3*1-25-18-15(21-9-10-22-18)7-8-16(20(25)27)23-19(26)17-12-14(28-24-17)11-13-5-3-2-4-6-13;13-11(14)10-7-9(15-12-10)6-8-4-2-1-3-5-8;1-13-9-7(3-2-6-12-9)4-5-8(11)10(13)14/h3*2-6,9-10,12,16H,7-8,11H2,1H3,(H,23,26);1-5,7H,6H2,(H,13,14);2-3,6,8H,4-5,11H2,1H3/t2*16-;;;/m10.../s1. The van der Waals surface area contributed by atoms with Crippen LogP contribution in [0.5, 0.6) is 0 Å². The Morgan fingerprint density at radius 2 is 0.664 bits per heavy atom. The van der Waals surface area contributed by atoms with Gasteiger partial charge in [-0.2, -0.15) is 0 Å². The molecule has 0 aliphatic carbocycles. The molecule has 4 aliphatic heterocycles. The Bertz CT molecular complexity index is 4910. The molecule has 6 N–H and O–H groups in total. The van der Waals surface area contributed by atoms with E-state index in [1.54, 1.807) is 94.7 Å². The highest BCUT2D eigenvalue weighted by molar-refractivity contribution is 6.04. The lowest BCUT2D eigenvalue weighted by molar-refractivity contribution is -0.120. The molecule has 12 heterocycles. The van der Waals surface area contributed by atoms with Crippen molar-refractivity contribution in [3.63, 3.8) is 0 Å². The maximum absolute atomic E-state index is 12.7. The number of aromatic carboxylic acids is 1. The van der Waals surface area contributed by atoms with Crippen molar-refractivity contribution < 1.29 is 61.6 Å². The van der Waals surface area contributed by atoms with Crippen LogP contribution >= 0.6 is 0 Å². The minimum absolute atomic E-state index is 0.0533. The van der Waals surface area contributed by atoms with E-state index < -0.39 is 47.9 Å². The van der Waals surface area contributed by atoms with Crippen molar-refractivity contribution in [2.75, 3.05) is 47.8 Å². The summed E-state index contributed by atoms with van der Waals surface area (Å²) in [5.74, 6) is 1.46. The first-order chi connectivity index (χ1) is 54.8. The predicted molar refractivity (Wildman–Crippen MR) is 409 cm³/mol. The van der Waals surface area contributed by atoms with E-state index in [-0.39, 0.29) is 46.4 Å². The molecule has 4 atom stereocenters. The molecule has 0 fully saturated rings. The van der Waals surface area contributed by atoms with Crippen molar-refractivity contribution in [1.29, 1.82) is 0 Å². The van der Waals surface area contributed by atoms with E-state index in [1.807, 2.05) is 133 Å². The minimum atomic E-state index is -1.07. The first kappa shape index (κ1) is 78.4. The van der Waals surface area contributed by atoms with Gasteiger partial charge in [0.2, 0.25) is 5.91 Å². The maximum atomic E-state index is 12.7. The highest BCUT2D eigenvalue weighted by Gasteiger charge is 2.35. The molecule has 4 aliphatic rings. The molecule has 16 rings (SSSR count). The van der Waals surface area contributed by atoms with Gasteiger partial charge in [-0.15, -0.1) is 0 Å². The fourth-order valence-electron chi connectivity index (χ4n) is 12.7. The zero-order valence-corrected chi connectivity index (χ0v) is 62.0. The molecule has 113 heavy (non-hydrogen) atoms. The number of fused-ring (bicyclic) bond motifs is 4. The van der Waals surface area contributed by atoms with E-state index in [0.717, 1.165) is 57.1 Å². The molecule has 32 heteroatoms. The van der Waals surface area contributed by atoms with Gasteiger partial charge in [-0.05, 0) is 85.3 Å². The van der Waals surface area contributed by atoms with Crippen molar-refractivity contribution in [1.82, 2.24) is 71.5 Å². The third-order valence-electron chi connectivity index (χ3n) is 18.6. The van der Waals surface area contributed by atoms with Crippen molar-refractivity contribution in [2.45, 2.75) is 101 Å². The number of carbonyl (C=O) groups excluding carboxylic acids is 7. The van der Waals surface area contributed by atoms with Crippen LogP contribution in [0.25, 0.3) is 0 Å². The third kappa shape index (κ3) is 20.4. The number of aromatic nitrogens is 11. The van der Waals surface area contributed by atoms with Gasteiger partial charge in [0.15, 0.2) is 40.2 Å². The number of carbonyl (C=O) groups is 8. The molecule has 7 amide bonds. The van der Waals surface area contributed by atoms with Crippen LogP contribution in [0.3, 0.4) is 0 Å². The predicted octanol–water partition coefficient (Wildman–Crippen LogP) is 7.57. The maximum Gasteiger partial charge on any atom is 0.358 e. The number of amides is 7. The van der Waals surface area contributed by atoms with Crippen LogP contribution in [-0.2, 0) is 70.5 Å². The Hall–Kier alpha value is -14.2. The van der Waals surface area contributed by atoms with Gasteiger partial charge in [0.1, 0.15) is 47.0 Å². The monoisotopic (exact) mass is 1530 g/mol. The SMILES string of the molecule is CN1C(=O)C(N)CCc2cccnc21.CN1C(=O)C(NC(=O)c2cc(Cc3ccccc3)on2)CCc2nccnc21.CN1C(=O)[C@@H](NC(=O)c2cc(Cc3ccccc3)on2)CCc2nccnc21.CN1C(=O)[C@H](NC(=O)c2cc(Cc3ccccc3)on2)CCc2nccnc21.O=C(O)c1cc(Cc2ccccc2)on1. The molecular weight excluding hydrogens is 1450 g/mol. The average Bonchev–Trinajstić information content (AvgIpc) is 1.72. The number of nitrogens with zero attached hydrogens (tertiary/aromatic N) is 15. The molecular formula is C81H79N19O13. The van der Waals surface area contributed by atoms with Gasteiger partial charge in [0.25, 0.3) is 35.4 Å². The second kappa shape index (κ2) is 37.3. The summed E-state index contributed by atoms with van der Waals surface area (Å²) < 4.78 is 20.7. The second-order valence-corrected chi connectivity index (χ2v) is 26.6. The lowest BCUT2D eigenvalue weighted by Crippen LogP contribution is -2.47. The highest BCUT2D eigenvalue weighted by Crippen LogP contribution is 2.27. The lowest BCUT2D eigenvalue weighted by atomic mass is 10.1. The van der Waals surface area contributed by atoms with Crippen LogP contribution in [0.4, 0.5) is 23.3 Å². The molecule has 0 radical (unpaired) electrons. The van der Waals surface area contributed by atoms with Gasteiger partial charge in [-0.3, -0.25) is 68.1 Å². The van der Waals surface area contributed by atoms with Crippen molar-refractivity contribution in [2.24, 2.45) is 5.73 Å². The van der Waals surface area contributed by atoms with Crippen LogP contribution in [0.15, 0.2) is 219 Å². The van der Waals surface area contributed by atoms with E-state index in [2.05, 4.69) is 71.5 Å². The van der Waals surface area contributed by atoms with E-state index in [0.29, 0.717) is 111 Å². The van der Waals surface area contributed by atoms with Crippen molar-refractivity contribution in [3.8, 4) is 0 Å². The Morgan fingerprint density at radius 1 is 0.372 bits per heavy atom. The summed E-state index contributed by atoms with van der Waals surface area (Å²) in [6.07, 6.45) is 17.8. The molecule has 0 spiro atoms. The molecule has 8 aromatic heterocycles. The van der Waals surface area contributed by atoms with Crippen LogP contribution < -0.4 is 41.3 Å². The van der Waals surface area contributed by atoms with Crippen LogP contribution in [0.1, 0.15) is 136 Å². The first-order valence-corrected chi connectivity index (χ1v) is 36.1. The molecule has 32 nitrogen and oxygen atoms in total. The van der Waals surface area contributed by atoms with E-state index >= 15 is 0 Å². The molecule has 0 bridgehead atoms. The topological polar surface area (TPSA) is 426 Å². The zero-order chi connectivity index (χ0) is 79.3. The summed E-state index contributed by atoms with van der Waals surface area (Å²) in [7, 11) is 6.62. The Kier molecular flexibility index (Phi) is 25.9. The summed E-state index contributed by atoms with van der Waals surface area (Å²) >= 11 is 0. The molecule has 576 valence electrons. The fraction of sp³-hybridized carbons (Fsp3) is 0.247. The van der Waals surface area contributed by atoms with Gasteiger partial charge in [-0.25, -0.2) is 24.7 Å². The van der Waals surface area contributed by atoms with Gasteiger partial charge < -0.3 is 44.9 Å². The minimum Gasteiger partial charge on any atom is -0.476 e.